The lowest BCUT2D eigenvalue weighted by molar-refractivity contribution is -0.138. The molecule has 9 heteroatoms. The molecule has 2 aliphatic heterocycles. The number of hydrogen-bond donors (Lipinski definition) is 1. The Balaban J connectivity index is 1.84. The third-order valence-corrected chi connectivity index (χ3v) is 7.13. The van der Waals surface area contributed by atoms with Gasteiger partial charge in [0.1, 0.15) is 0 Å². The minimum atomic E-state index is -3.25. The van der Waals surface area contributed by atoms with Gasteiger partial charge in [0.05, 0.1) is 18.2 Å². The fourth-order valence-electron chi connectivity index (χ4n) is 3.74. The van der Waals surface area contributed by atoms with Gasteiger partial charge < -0.3 is 10.2 Å². The van der Waals surface area contributed by atoms with E-state index >= 15 is 0 Å². The fraction of sp³-hybridized carbons (Fsp3) is 0.889. The normalized spacial score (nSPS) is 22.8. The Labute approximate surface area is 163 Å². The van der Waals surface area contributed by atoms with E-state index in [1.165, 1.54) is 4.31 Å². The van der Waals surface area contributed by atoms with E-state index in [1.807, 2.05) is 25.7 Å². The third kappa shape index (κ3) is 6.43. The molecule has 27 heavy (non-hydrogen) atoms. The number of amides is 2. The van der Waals surface area contributed by atoms with Gasteiger partial charge in [0, 0.05) is 45.3 Å². The zero-order chi connectivity index (χ0) is 20.0. The lowest BCUT2D eigenvalue weighted by Gasteiger charge is -2.38. The Kier molecular flexibility index (Phi) is 8.05. The zero-order valence-electron chi connectivity index (χ0n) is 16.8. The van der Waals surface area contributed by atoms with Gasteiger partial charge in [0.15, 0.2) is 0 Å². The first-order valence-electron chi connectivity index (χ1n) is 10.0. The molecule has 0 aromatic heterocycles. The van der Waals surface area contributed by atoms with Gasteiger partial charge in [0.25, 0.3) is 0 Å². The largest absolute Gasteiger partial charge is 0.353 e. The van der Waals surface area contributed by atoms with Crippen molar-refractivity contribution in [1.29, 1.82) is 0 Å². The summed E-state index contributed by atoms with van der Waals surface area (Å²) in [6.45, 7) is 9.41. The van der Waals surface area contributed by atoms with E-state index in [0.29, 0.717) is 52.2 Å². The van der Waals surface area contributed by atoms with Crippen molar-refractivity contribution >= 4 is 21.8 Å². The Morgan fingerprint density at radius 1 is 1.11 bits per heavy atom. The van der Waals surface area contributed by atoms with E-state index < -0.39 is 10.0 Å². The van der Waals surface area contributed by atoms with Crippen molar-refractivity contribution in [2.24, 2.45) is 5.92 Å². The SMILES string of the molecule is CCCS(=O)(=O)N1CCCC(C(=O)N2CCN(CC(=O)NC(C)C)CC2)C1. The van der Waals surface area contributed by atoms with Crippen molar-refractivity contribution in [1.82, 2.24) is 19.4 Å². The highest BCUT2D eigenvalue weighted by molar-refractivity contribution is 7.89. The topological polar surface area (TPSA) is 90.0 Å². The summed E-state index contributed by atoms with van der Waals surface area (Å²) in [4.78, 5) is 28.6. The molecule has 2 heterocycles. The molecule has 1 unspecified atom stereocenters. The van der Waals surface area contributed by atoms with Gasteiger partial charge in [-0.15, -0.1) is 0 Å². The molecular formula is C18H34N4O4S. The van der Waals surface area contributed by atoms with Crippen molar-refractivity contribution in [2.75, 3.05) is 51.6 Å². The Hall–Kier alpha value is -1.19. The van der Waals surface area contributed by atoms with Crippen LogP contribution in [0.2, 0.25) is 0 Å². The van der Waals surface area contributed by atoms with Crippen molar-refractivity contribution in [3.63, 3.8) is 0 Å². The first kappa shape index (κ1) is 22.1. The van der Waals surface area contributed by atoms with Gasteiger partial charge in [-0.3, -0.25) is 14.5 Å². The maximum Gasteiger partial charge on any atom is 0.234 e. The molecule has 156 valence electrons. The van der Waals surface area contributed by atoms with Crippen LogP contribution >= 0.6 is 0 Å². The Bertz CT molecular complexity index is 615. The first-order valence-corrected chi connectivity index (χ1v) is 11.6. The van der Waals surface area contributed by atoms with Crippen LogP contribution in [-0.4, -0.2) is 91.9 Å². The number of piperidine rings is 1. The summed E-state index contributed by atoms with van der Waals surface area (Å²) in [5, 5.41) is 2.88. The van der Waals surface area contributed by atoms with Gasteiger partial charge in [-0.1, -0.05) is 6.92 Å². The van der Waals surface area contributed by atoms with E-state index in [2.05, 4.69) is 10.2 Å². The van der Waals surface area contributed by atoms with Crippen molar-refractivity contribution in [3.05, 3.63) is 0 Å². The molecule has 2 fully saturated rings. The Morgan fingerprint density at radius 2 is 1.78 bits per heavy atom. The second kappa shape index (κ2) is 9.84. The van der Waals surface area contributed by atoms with Crippen LogP contribution < -0.4 is 5.32 Å². The van der Waals surface area contributed by atoms with Gasteiger partial charge in [0.2, 0.25) is 21.8 Å². The average molecular weight is 403 g/mol. The number of hydrogen-bond acceptors (Lipinski definition) is 5. The second-order valence-corrected chi connectivity index (χ2v) is 9.93. The third-order valence-electron chi connectivity index (χ3n) is 5.09. The quantitative estimate of drug-likeness (QED) is 0.653. The fourth-order valence-corrected chi connectivity index (χ4v) is 5.33. The predicted octanol–water partition coefficient (Wildman–Crippen LogP) is 0.107. The molecule has 1 N–H and O–H groups in total. The molecule has 0 radical (unpaired) electrons. The lowest BCUT2D eigenvalue weighted by atomic mass is 9.98. The van der Waals surface area contributed by atoms with E-state index in [1.54, 1.807) is 0 Å². The van der Waals surface area contributed by atoms with E-state index in [4.69, 9.17) is 0 Å². The predicted molar refractivity (Wildman–Crippen MR) is 105 cm³/mol. The molecule has 2 aliphatic rings. The van der Waals surface area contributed by atoms with E-state index in [9.17, 15) is 18.0 Å². The molecule has 0 aromatic carbocycles. The molecule has 2 amide bonds. The highest BCUT2D eigenvalue weighted by Crippen LogP contribution is 2.22. The first-order chi connectivity index (χ1) is 12.7. The summed E-state index contributed by atoms with van der Waals surface area (Å²) >= 11 is 0. The van der Waals surface area contributed by atoms with Crippen LogP contribution in [0.5, 0.6) is 0 Å². The van der Waals surface area contributed by atoms with Crippen LogP contribution in [-0.2, 0) is 19.6 Å². The van der Waals surface area contributed by atoms with Crippen LogP contribution in [0.25, 0.3) is 0 Å². The highest BCUT2D eigenvalue weighted by atomic mass is 32.2. The van der Waals surface area contributed by atoms with Gasteiger partial charge in [-0.05, 0) is 33.1 Å². The summed E-state index contributed by atoms with van der Waals surface area (Å²) in [5.41, 5.74) is 0. The standard InChI is InChI=1S/C18H34N4O4S/c1-4-12-27(25,26)22-7-5-6-16(13-22)18(24)21-10-8-20(9-11-21)14-17(23)19-15(2)3/h15-16H,4-14H2,1-3H3,(H,19,23). The molecule has 0 aromatic rings. The summed E-state index contributed by atoms with van der Waals surface area (Å²) in [6, 6.07) is 0.124. The smallest absolute Gasteiger partial charge is 0.234 e. The highest BCUT2D eigenvalue weighted by Gasteiger charge is 2.34. The van der Waals surface area contributed by atoms with Gasteiger partial charge >= 0.3 is 0 Å². The monoisotopic (exact) mass is 402 g/mol. The molecule has 0 aliphatic carbocycles. The number of sulfonamides is 1. The molecule has 0 spiro atoms. The molecule has 0 bridgehead atoms. The van der Waals surface area contributed by atoms with Crippen molar-refractivity contribution in [2.45, 2.75) is 46.1 Å². The van der Waals surface area contributed by atoms with Gasteiger partial charge in [-0.25, -0.2) is 12.7 Å². The molecule has 1 atom stereocenters. The maximum atomic E-state index is 12.9. The zero-order valence-corrected chi connectivity index (χ0v) is 17.6. The van der Waals surface area contributed by atoms with E-state index in [0.717, 1.165) is 12.8 Å². The number of carbonyl (C=O) groups is 2. The number of piperazine rings is 1. The summed E-state index contributed by atoms with van der Waals surface area (Å²) in [7, 11) is -3.25. The minimum Gasteiger partial charge on any atom is -0.353 e. The van der Waals surface area contributed by atoms with Crippen LogP contribution in [0.1, 0.15) is 40.0 Å². The Morgan fingerprint density at radius 3 is 2.37 bits per heavy atom. The molecule has 0 saturated carbocycles. The van der Waals surface area contributed by atoms with Gasteiger partial charge in [-0.2, -0.15) is 0 Å². The van der Waals surface area contributed by atoms with Crippen LogP contribution in [0.3, 0.4) is 0 Å². The number of nitrogens with one attached hydrogen (secondary N) is 1. The number of nitrogens with zero attached hydrogens (tertiary/aromatic N) is 3. The second-order valence-electron chi connectivity index (χ2n) is 7.84. The van der Waals surface area contributed by atoms with Crippen LogP contribution in [0, 0.1) is 5.92 Å². The molecular weight excluding hydrogens is 368 g/mol. The number of rotatable bonds is 7. The van der Waals surface area contributed by atoms with Crippen LogP contribution in [0.15, 0.2) is 0 Å². The van der Waals surface area contributed by atoms with Crippen molar-refractivity contribution < 1.29 is 18.0 Å². The molecule has 8 nitrogen and oxygen atoms in total. The number of carbonyl (C=O) groups excluding carboxylic acids is 2. The summed E-state index contributed by atoms with van der Waals surface area (Å²) in [5.74, 6) is -0.0435. The minimum absolute atomic E-state index is 0.00818. The van der Waals surface area contributed by atoms with Crippen molar-refractivity contribution in [3.8, 4) is 0 Å². The molecule has 2 rings (SSSR count). The summed E-state index contributed by atoms with van der Waals surface area (Å²) in [6.07, 6.45) is 2.06. The summed E-state index contributed by atoms with van der Waals surface area (Å²) < 4.78 is 26.1. The molecule has 2 saturated heterocycles. The average Bonchev–Trinajstić information content (AvgIpc) is 2.61. The van der Waals surface area contributed by atoms with Crippen LogP contribution in [0.4, 0.5) is 0 Å². The maximum absolute atomic E-state index is 12.9. The van der Waals surface area contributed by atoms with E-state index in [-0.39, 0.29) is 29.5 Å². The lowest BCUT2D eigenvalue weighted by Crippen LogP contribution is -2.54.